The van der Waals surface area contributed by atoms with Crippen molar-refractivity contribution >= 4 is 44.8 Å². The molecule has 1 N–H and O–H groups in total. The fourth-order valence-electron chi connectivity index (χ4n) is 3.19. The molecule has 0 saturated carbocycles. The van der Waals surface area contributed by atoms with Crippen LogP contribution in [-0.4, -0.2) is 32.8 Å². The fourth-order valence-corrected chi connectivity index (χ4v) is 5.05. The van der Waals surface area contributed by atoms with Crippen LogP contribution in [-0.2, 0) is 14.8 Å². The third-order valence-electron chi connectivity index (χ3n) is 4.97. The molecule has 0 aromatic heterocycles. The van der Waals surface area contributed by atoms with E-state index in [0.29, 0.717) is 11.3 Å². The van der Waals surface area contributed by atoms with E-state index in [0.717, 1.165) is 0 Å². The van der Waals surface area contributed by atoms with Crippen LogP contribution in [0, 0.1) is 0 Å². The lowest BCUT2D eigenvalue weighted by molar-refractivity contribution is -0.117. The number of ether oxygens (including phenoxy) is 1. The van der Waals surface area contributed by atoms with Crippen LogP contribution < -0.4 is 10.1 Å². The van der Waals surface area contributed by atoms with Gasteiger partial charge in [-0.05, 0) is 42.0 Å². The number of hydrogen-bond acceptors (Lipinski definition) is 4. The van der Waals surface area contributed by atoms with Crippen molar-refractivity contribution in [2.24, 2.45) is 0 Å². The summed E-state index contributed by atoms with van der Waals surface area (Å²) in [7, 11) is -0.875. The van der Waals surface area contributed by atoms with Crippen molar-refractivity contribution in [2.45, 2.75) is 17.4 Å². The Morgan fingerprint density at radius 1 is 0.969 bits per heavy atom. The highest BCUT2D eigenvalue weighted by Crippen LogP contribution is 2.33. The average Bonchev–Trinajstić information content (AvgIpc) is 2.80. The van der Waals surface area contributed by atoms with E-state index in [1.807, 2.05) is 0 Å². The number of carbonyl (C=O) groups is 1. The Bertz CT molecular complexity index is 1170. The molecular formula is C23H22Cl2N2O4S. The summed E-state index contributed by atoms with van der Waals surface area (Å²) in [5.41, 5.74) is 0.913. The maximum absolute atomic E-state index is 13.2. The van der Waals surface area contributed by atoms with Crippen molar-refractivity contribution in [1.82, 2.24) is 4.31 Å². The minimum atomic E-state index is -3.87. The summed E-state index contributed by atoms with van der Waals surface area (Å²) < 4.78 is 32.9. The number of nitrogens with one attached hydrogen (secondary N) is 1. The first-order valence-electron chi connectivity index (χ1n) is 9.65. The molecule has 0 saturated heterocycles. The summed E-state index contributed by atoms with van der Waals surface area (Å²) in [6.45, 7) is 0. The number of rotatable bonds is 8. The van der Waals surface area contributed by atoms with E-state index in [2.05, 4.69) is 5.32 Å². The van der Waals surface area contributed by atoms with Crippen molar-refractivity contribution in [3.8, 4) is 5.75 Å². The van der Waals surface area contributed by atoms with Crippen LogP contribution in [0.15, 0.2) is 77.7 Å². The molecule has 6 nitrogen and oxygen atoms in total. The predicted octanol–water partition coefficient (Wildman–Crippen LogP) is 5.39. The predicted molar refractivity (Wildman–Crippen MR) is 127 cm³/mol. The lowest BCUT2D eigenvalue weighted by Crippen LogP contribution is -2.33. The number of halogens is 2. The Kier molecular flexibility index (Phi) is 7.79. The molecular weight excluding hydrogens is 471 g/mol. The first-order valence-corrected chi connectivity index (χ1v) is 11.8. The molecule has 1 atom stereocenters. The maximum atomic E-state index is 13.2. The molecule has 168 valence electrons. The second kappa shape index (κ2) is 10.4. The zero-order chi connectivity index (χ0) is 23.3. The first-order chi connectivity index (χ1) is 15.2. The number of carbonyl (C=O) groups excluding carboxylic acids is 1. The lowest BCUT2D eigenvalue weighted by atomic mass is 10.0. The van der Waals surface area contributed by atoms with Gasteiger partial charge in [0.15, 0.2) is 0 Å². The number of hydrogen-bond donors (Lipinski definition) is 1. The van der Waals surface area contributed by atoms with Gasteiger partial charge in [0.1, 0.15) is 5.75 Å². The van der Waals surface area contributed by atoms with E-state index in [1.165, 1.54) is 23.5 Å². The van der Waals surface area contributed by atoms with E-state index in [4.69, 9.17) is 27.9 Å². The number of benzene rings is 3. The molecule has 0 radical (unpaired) electrons. The first kappa shape index (κ1) is 24.1. The van der Waals surface area contributed by atoms with E-state index in [9.17, 15) is 13.2 Å². The molecule has 0 heterocycles. The van der Waals surface area contributed by atoms with Gasteiger partial charge in [-0.15, -0.1) is 0 Å². The van der Waals surface area contributed by atoms with Crippen LogP contribution in [0.1, 0.15) is 18.0 Å². The minimum Gasteiger partial charge on any atom is -0.497 e. The zero-order valence-electron chi connectivity index (χ0n) is 17.5. The molecule has 0 fully saturated rings. The maximum Gasteiger partial charge on any atom is 0.243 e. The zero-order valence-corrected chi connectivity index (χ0v) is 19.8. The average molecular weight is 493 g/mol. The second-order valence-corrected chi connectivity index (χ2v) is 9.78. The molecule has 0 aliphatic carbocycles. The van der Waals surface area contributed by atoms with Crippen LogP contribution in [0.25, 0.3) is 0 Å². The Morgan fingerprint density at radius 3 is 2.12 bits per heavy atom. The van der Waals surface area contributed by atoms with Gasteiger partial charge >= 0.3 is 0 Å². The summed E-state index contributed by atoms with van der Waals surface area (Å²) in [4.78, 5) is 13.1. The SMILES string of the molecule is COc1ccc([C@@H](CC(=O)Nc2c(Cl)cccc2Cl)N(C)S(=O)(=O)c2ccccc2)cc1. The highest BCUT2D eigenvalue weighted by molar-refractivity contribution is 7.89. The van der Waals surface area contributed by atoms with E-state index < -0.39 is 22.0 Å². The van der Waals surface area contributed by atoms with Gasteiger partial charge in [0.25, 0.3) is 0 Å². The van der Waals surface area contributed by atoms with Gasteiger partial charge in [0.05, 0.1) is 33.8 Å². The highest BCUT2D eigenvalue weighted by atomic mass is 35.5. The third kappa shape index (κ3) is 5.42. The molecule has 3 rings (SSSR count). The molecule has 32 heavy (non-hydrogen) atoms. The van der Waals surface area contributed by atoms with Crippen LogP contribution in [0.5, 0.6) is 5.75 Å². The third-order valence-corrected chi connectivity index (χ3v) is 7.48. The molecule has 9 heteroatoms. The summed E-state index contributed by atoms with van der Waals surface area (Å²) in [5, 5.41) is 3.28. The summed E-state index contributed by atoms with van der Waals surface area (Å²) >= 11 is 12.3. The van der Waals surface area contributed by atoms with Crippen LogP contribution in [0.3, 0.4) is 0 Å². The lowest BCUT2D eigenvalue weighted by Gasteiger charge is -2.28. The van der Waals surface area contributed by atoms with Gasteiger partial charge in [-0.25, -0.2) is 8.42 Å². The van der Waals surface area contributed by atoms with Crippen molar-refractivity contribution < 1.29 is 17.9 Å². The van der Waals surface area contributed by atoms with E-state index in [-0.39, 0.29) is 27.0 Å². The van der Waals surface area contributed by atoms with Crippen molar-refractivity contribution in [1.29, 1.82) is 0 Å². The van der Waals surface area contributed by atoms with E-state index >= 15 is 0 Å². The standard InChI is InChI=1S/C23H22Cl2N2O4S/c1-27(32(29,30)18-7-4-3-5-8-18)21(16-11-13-17(31-2)14-12-16)15-22(28)26-23-19(24)9-6-10-20(23)25/h3-14,21H,15H2,1-2H3,(H,26,28)/t21-/m1/s1. The molecule has 1 amide bonds. The number of para-hydroxylation sites is 1. The van der Waals surface area contributed by atoms with E-state index in [1.54, 1.807) is 67.8 Å². The highest BCUT2D eigenvalue weighted by Gasteiger charge is 2.31. The monoisotopic (exact) mass is 492 g/mol. The fraction of sp³-hybridized carbons (Fsp3) is 0.174. The number of amides is 1. The van der Waals surface area contributed by atoms with Crippen molar-refractivity contribution in [3.05, 3.63) is 88.4 Å². The van der Waals surface area contributed by atoms with Gasteiger partial charge in [-0.3, -0.25) is 4.79 Å². The number of sulfonamides is 1. The molecule has 0 bridgehead atoms. The van der Waals surface area contributed by atoms with Gasteiger partial charge in [0.2, 0.25) is 15.9 Å². The van der Waals surface area contributed by atoms with Crippen molar-refractivity contribution in [2.75, 3.05) is 19.5 Å². The quantitative estimate of drug-likeness (QED) is 0.457. The van der Waals surface area contributed by atoms with Crippen LogP contribution in [0.4, 0.5) is 5.69 Å². The summed E-state index contributed by atoms with van der Waals surface area (Å²) in [6, 6.07) is 19.1. The Hall–Kier alpha value is -2.58. The Balaban J connectivity index is 1.94. The minimum absolute atomic E-state index is 0.135. The van der Waals surface area contributed by atoms with Gasteiger partial charge in [-0.2, -0.15) is 4.31 Å². The number of nitrogens with zero attached hydrogens (tertiary/aromatic N) is 1. The topological polar surface area (TPSA) is 75.7 Å². The molecule has 0 aliphatic rings. The smallest absolute Gasteiger partial charge is 0.243 e. The Morgan fingerprint density at radius 2 is 1.56 bits per heavy atom. The molecule has 3 aromatic carbocycles. The number of anilines is 1. The summed E-state index contributed by atoms with van der Waals surface area (Å²) in [6.07, 6.45) is -0.156. The van der Waals surface area contributed by atoms with Crippen molar-refractivity contribution in [3.63, 3.8) is 0 Å². The normalized spacial score (nSPS) is 12.4. The number of methoxy groups -OCH3 is 1. The molecule has 3 aromatic rings. The molecule has 0 unspecified atom stereocenters. The molecule has 0 aliphatic heterocycles. The van der Waals surface area contributed by atoms with Crippen LogP contribution in [0.2, 0.25) is 10.0 Å². The van der Waals surface area contributed by atoms with Gasteiger partial charge in [-0.1, -0.05) is 59.6 Å². The second-order valence-electron chi connectivity index (χ2n) is 6.97. The van der Waals surface area contributed by atoms with Crippen LogP contribution >= 0.6 is 23.2 Å². The van der Waals surface area contributed by atoms with Gasteiger partial charge < -0.3 is 10.1 Å². The Labute approximate surface area is 197 Å². The largest absolute Gasteiger partial charge is 0.497 e. The molecule has 0 spiro atoms. The summed E-state index contributed by atoms with van der Waals surface area (Å²) in [5.74, 6) is 0.185. The van der Waals surface area contributed by atoms with Gasteiger partial charge in [0, 0.05) is 13.5 Å².